The van der Waals surface area contributed by atoms with Gasteiger partial charge in [-0.2, -0.15) is 5.26 Å². The van der Waals surface area contributed by atoms with Crippen molar-refractivity contribution in [2.45, 2.75) is 19.3 Å². The number of para-hydroxylation sites is 2. The Balaban J connectivity index is 1.45. The van der Waals surface area contributed by atoms with Crippen LogP contribution in [0.2, 0.25) is 0 Å². The van der Waals surface area contributed by atoms with Crippen LogP contribution in [0.15, 0.2) is 121 Å². The maximum atomic E-state index is 9.87. The Morgan fingerprint density at radius 3 is 2.02 bits per heavy atom. The van der Waals surface area contributed by atoms with Crippen molar-refractivity contribution in [3.8, 4) is 62.7 Å². The van der Waals surface area contributed by atoms with Crippen molar-refractivity contribution in [2.75, 3.05) is 0 Å². The summed E-state index contributed by atoms with van der Waals surface area (Å²) >= 11 is 0. The van der Waals surface area contributed by atoms with Crippen molar-refractivity contribution in [1.82, 2.24) is 15.0 Å². The van der Waals surface area contributed by atoms with E-state index in [1.54, 1.807) is 12.3 Å². The Morgan fingerprint density at radius 1 is 0.643 bits per heavy atom. The van der Waals surface area contributed by atoms with E-state index in [9.17, 15) is 5.26 Å². The van der Waals surface area contributed by atoms with Crippen LogP contribution in [0.3, 0.4) is 0 Å². The van der Waals surface area contributed by atoms with Crippen molar-refractivity contribution in [3.63, 3.8) is 0 Å². The van der Waals surface area contributed by atoms with E-state index in [1.807, 2.05) is 91.0 Å². The van der Waals surface area contributed by atoms with Gasteiger partial charge in [-0.25, -0.2) is 9.97 Å². The summed E-state index contributed by atoms with van der Waals surface area (Å²) in [5.41, 5.74) is 8.15. The fourth-order valence-corrected chi connectivity index (χ4v) is 5.68. The fourth-order valence-electron chi connectivity index (χ4n) is 5.68. The van der Waals surface area contributed by atoms with Gasteiger partial charge in [-0.15, -0.1) is 0 Å². The van der Waals surface area contributed by atoms with Gasteiger partial charge in [-0.3, -0.25) is 4.98 Å². The average molecular weight is 543 g/mol. The minimum Gasteiger partial charge on any atom is -0.455 e. The zero-order valence-corrected chi connectivity index (χ0v) is 23.2. The lowest BCUT2D eigenvalue weighted by atomic mass is 9.74. The van der Waals surface area contributed by atoms with Gasteiger partial charge in [0.15, 0.2) is 5.82 Å². The highest BCUT2D eigenvalue weighted by Gasteiger charge is 2.37. The molecule has 3 heterocycles. The first-order valence-electron chi connectivity index (χ1n) is 13.9. The Labute approximate surface area is 244 Å². The van der Waals surface area contributed by atoms with Crippen LogP contribution < -0.4 is 4.74 Å². The highest BCUT2D eigenvalue weighted by atomic mass is 16.5. The number of fused-ring (bicyclic) bond motifs is 2. The predicted octanol–water partition coefficient (Wildman–Crippen LogP) is 8.84. The Morgan fingerprint density at radius 2 is 1.29 bits per heavy atom. The smallest absolute Gasteiger partial charge is 0.160 e. The van der Waals surface area contributed by atoms with E-state index >= 15 is 0 Å². The van der Waals surface area contributed by atoms with Crippen LogP contribution in [0.1, 0.15) is 30.5 Å². The summed E-state index contributed by atoms with van der Waals surface area (Å²) in [7, 11) is 0. The van der Waals surface area contributed by atoms with Crippen molar-refractivity contribution in [1.29, 1.82) is 5.26 Å². The number of pyridine rings is 1. The van der Waals surface area contributed by atoms with Crippen LogP contribution in [-0.2, 0) is 5.41 Å². The Bertz CT molecular complexity index is 1940. The zero-order chi connectivity index (χ0) is 28.7. The van der Waals surface area contributed by atoms with Crippen LogP contribution in [0.4, 0.5) is 0 Å². The number of hydrogen-bond acceptors (Lipinski definition) is 5. The zero-order valence-electron chi connectivity index (χ0n) is 23.2. The van der Waals surface area contributed by atoms with E-state index in [2.05, 4.69) is 38.1 Å². The fraction of sp³-hybridized carbons (Fsp3) is 0.0811. The van der Waals surface area contributed by atoms with Crippen LogP contribution in [0.5, 0.6) is 11.5 Å². The quantitative estimate of drug-likeness (QED) is 0.222. The third kappa shape index (κ3) is 4.22. The standard InChI is InChI=1S/C37H26N4O/c1-37(2)29-19-9-16-26(23-38)34(29)42-35-28(17-10-20-30(35)37)33-27(18-11-21-39-33)32-22-31(24-12-5-3-6-13-24)40-36(41-32)25-14-7-4-8-15-25/h3-22H,1-2H3. The van der Waals surface area contributed by atoms with Gasteiger partial charge in [0.25, 0.3) is 0 Å². The molecule has 0 saturated carbocycles. The molecule has 42 heavy (non-hydrogen) atoms. The molecule has 0 fully saturated rings. The molecule has 0 N–H and O–H groups in total. The molecule has 1 aliphatic heterocycles. The molecule has 0 saturated heterocycles. The minimum absolute atomic E-state index is 0.378. The summed E-state index contributed by atoms with van der Waals surface area (Å²) in [4.78, 5) is 14.9. The molecule has 5 heteroatoms. The van der Waals surface area contributed by atoms with Crippen LogP contribution in [0.25, 0.3) is 45.2 Å². The Kier molecular flexibility index (Phi) is 6.10. The molecule has 1 aliphatic rings. The molecule has 0 unspecified atom stereocenters. The summed E-state index contributed by atoms with van der Waals surface area (Å²) < 4.78 is 6.60. The first kappa shape index (κ1) is 25.4. The van der Waals surface area contributed by atoms with Gasteiger partial charge in [0, 0.05) is 45.0 Å². The Hall–Kier alpha value is -5.60. The lowest BCUT2D eigenvalue weighted by Gasteiger charge is -2.35. The van der Waals surface area contributed by atoms with Gasteiger partial charge in [-0.1, -0.05) is 98.8 Å². The summed E-state index contributed by atoms with van der Waals surface area (Å²) in [5, 5.41) is 9.87. The molecule has 200 valence electrons. The molecule has 2 aromatic heterocycles. The van der Waals surface area contributed by atoms with Gasteiger partial charge >= 0.3 is 0 Å². The average Bonchev–Trinajstić information content (AvgIpc) is 3.05. The van der Waals surface area contributed by atoms with E-state index in [1.165, 1.54) is 0 Å². The molecular formula is C37H26N4O. The lowest BCUT2D eigenvalue weighted by Crippen LogP contribution is -2.25. The third-order valence-electron chi connectivity index (χ3n) is 7.87. The number of benzene rings is 4. The van der Waals surface area contributed by atoms with E-state index in [0.29, 0.717) is 22.9 Å². The molecule has 4 aromatic carbocycles. The predicted molar refractivity (Wildman–Crippen MR) is 165 cm³/mol. The van der Waals surface area contributed by atoms with Crippen molar-refractivity contribution >= 4 is 0 Å². The lowest BCUT2D eigenvalue weighted by molar-refractivity contribution is 0.418. The molecule has 0 aliphatic carbocycles. The topological polar surface area (TPSA) is 71.7 Å². The van der Waals surface area contributed by atoms with Gasteiger partial charge in [0.05, 0.1) is 22.6 Å². The van der Waals surface area contributed by atoms with E-state index in [-0.39, 0.29) is 5.41 Å². The first-order chi connectivity index (χ1) is 20.5. The van der Waals surface area contributed by atoms with E-state index in [0.717, 1.165) is 50.5 Å². The molecule has 0 radical (unpaired) electrons. The molecule has 0 spiro atoms. The second kappa shape index (κ2) is 10.1. The van der Waals surface area contributed by atoms with Gasteiger partial charge in [0.2, 0.25) is 0 Å². The molecule has 6 aromatic rings. The second-order valence-corrected chi connectivity index (χ2v) is 10.8. The SMILES string of the molecule is CC1(C)c2cccc(C#N)c2Oc2c(-c3ncccc3-c3cc(-c4ccccc4)nc(-c4ccccc4)n3)cccc21. The minimum atomic E-state index is -0.378. The van der Waals surface area contributed by atoms with Crippen LogP contribution >= 0.6 is 0 Å². The van der Waals surface area contributed by atoms with E-state index in [4.69, 9.17) is 19.7 Å². The summed E-state index contributed by atoms with van der Waals surface area (Å²) in [6, 6.07) is 40.3. The molecule has 0 atom stereocenters. The molecule has 0 bridgehead atoms. The number of nitrogens with zero attached hydrogens (tertiary/aromatic N) is 4. The van der Waals surface area contributed by atoms with Crippen LogP contribution in [-0.4, -0.2) is 15.0 Å². The van der Waals surface area contributed by atoms with Crippen molar-refractivity contribution in [2.24, 2.45) is 0 Å². The monoisotopic (exact) mass is 542 g/mol. The van der Waals surface area contributed by atoms with Gasteiger partial charge < -0.3 is 4.74 Å². The largest absolute Gasteiger partial charge is 0.455 e. The maximum absolute atomic E-state index is 9.87. The normalized spacial score (nSPS) is 12.9. The molecule has 5 nitrogen and oxygen atoms in total. The summed E-state index contributed by atoms with van der Waals surface area (Å²) in [6.45, 7) is 4.33. The molecule has 7 rings (SSSR count). The summed E-state index contributed by atoms with van der Waals surface area (Å²) in [6.07, 6.45) is 1.79. The van der Waals surface area contributed by atoms with Gasteiger partial charge in [-0.05, 0) is 30.3 Å². The van der Waals surface area contributed by atoms with Crippen LogP contribution in [0, 0.1) is 11.3 Å². The number of hydrogen-bond donors (Lipinski definition) is 0. The summed E-state index contributed by atoms with van der Waals surface area (Å²) in [5.74, 6) is 1.95. The van der Waals surface area contributed by atoms with Gasteiger partial charge in [0.1, 0.15) is 17.6 Å². The molecule has 0 amide bonds. The highest BCUT2D eigenvalue weighted by Crippen LogP contribution is 2.52. The highest BCUT2D eigenvalue weighted by molar-refractivity contribution is 5.86. The maximum Gasteiger partial charge on any atom is 0.160 e. The third-order valence-corrected chi connectivity index (χ3v) is 7.87. The molecular weight excluding hydrogens is 516 g/mol. The number of nitriles is 1. The number of rotatable bonds is 4. The van der Waals surface area contributed by atoms with E-state index < -0.39 is 0 Å². The second-order valence-electron chi connectivity index (χ2n) is 10.8. The van der Waals surface area contributed by atoms with Crippen molar-refractivity contribution < 1.29 is 4.74 Å². The number of aromatic nitrogens is 3. The first-order valence-corrected chi connectivity index (χ1v) is 13.9. The number of ether oxygens (including phenoxy) is 1. The van der Waals surface area contributed by atoms with Crippen molar-refractivity contribution in [3.05, 3.63) is 138 Å².